The first kappa shape index (κ1) is 27.2. The number of nitrogens with zero attached hydrogens (tertiary/aromatic N) is 6. The Morgan fingerprint density at radius 1 is 1.00 bits per heavy atom. The van der Waals surface area contributed by atoms with Crippen LogP contribution >= 0.6 is 0 Å². The summed E-state index contributed by atoms with van der Waals surface area (Å²) in [6, 6.07) is 11.4. The Bertz CT molecular complexity index is 1560. The van der Waals surface area contributed by atoms with Crippen molar-refractivity contribution in [2.45, 2.75) is 96.7 Å². The van der Waals surface area contributed by atoms with E-state index in [4.69, 9.17) is 19.5 Å². The summed E-state index contributed by atoms with van der Waals surface area (Å²) in [5, 5.41) is 7.67. The maximum Gasteiger partial charge on any atom is 0.439 e. The summed E-state index contributed by atoms with van der Waals surface area (Å²) in [5.41, 5.74) is 2.90. The molecule has 7 rings (SSSR count). The molecule has 42 heavy (non-hydrogen) atoms. The first-order valence-corrected chi connectivity index (χ1v) is 16.0. The predicted octanol–water partition coefficient (Wildman–Crippen LogP) is 6.33. The van der Waals surface area contributed by atoms with Gasteiger partial charge >= 0.3 is 5.76 Å². The molecule has 222 valence electrons. The third-order valence-electron chi connectivity index (χ3n) is 9.98. The molecule has 0 radical (unpaired) electrons. The number of piperidine rings is 1. The average molecular weight is 571 g/mol. The number of hydrogen-bond donors (Lipinski definition) is 2. The number of aromatic nitrogens is 6. The number of rotatable bonds is 8. The second-order valence-electron chi connectivity index (χ2n) is 12.9. The molecule has 3 fully saturated rings. The molecule has 1 aromatic carbocycles. The van der Waals surface area contributed by atoms with Crippen LogP contribution in [0.2, 0.25) is 0 Å². The zero-order valence-corrected chi connectivity index (χ0v) is 24.8. The lowest BCUT2D eigenvalue weighted by Gasteiger charge is -2.38. The monoisotopic (exact) mass is 570 g/mol. The summed E-state index contributed by atoms with van der Waals surface area (Å²) in [6.45, 7) is 6.46. The zero-order chi connectivity index (χ0) is 28.6. The van der Waals surface area contributed by atoms with Crippen molar-refractivity contribution in [1.29, 1.82) is 0 Å². The molecule has 0 bridgehead atoms. The third kappa shape index (κ3) is 5.31. The van der Waals surface area contributed by atoms with E-state index in [1.165, 1.54) is 56.9 Å². The molecule has 2 aliphatic carbocycles. The molecule has 0 unspecified atom stereocenters. The van der Waals surface area contributed by atoms with E-state index in [-0.39, 0.29) is 17.9 Å². The van der Waals surface area contributed by atoms with E-state index in [2.05, 4.69) is 69.1 Å². The van der Waals surface area contributed by atoms with E-state index < -0.39 is 5.76 Å². The highest BCUT2D eigenvalue weighted by molar-refractivity contribution is 5.87. The molecule has 10 heteroatoms. The van der Waals surface area contributed by atoms with E-state index in [1.807, 2.05) is 0 Å². The van der Waals surface area contributed by atoms with Crippen molar-refractivity contribution in [2.24, 2.45) is 17.8 Å². The van der Waals surface area contributed by atoms with Crippen LogP contribution in [0, 0.1) is 17.8 Å². The van der Waals surface area contributed by atoms with E-state index in [0.29, 0.717) is 23.3 Å². The van der Waals surface area contributed by atoms with Crippen LogP contribution in [0.25, 0.3) is 22.8 Å². The molecule has 4 aromatic rings. The maximum absolute atomic E-state index is 11.8. The second-order valence-corrected chi connectivity index (χ2v) is 12.9. The van der Waals surface area contributed by atoms with Crippen LogP contribution in [0.3, 0.4) is 0 Å². The number of benzene rings is 1. The van der Waals surface area contributed by atoms with Crippen LogP contribution in [0.1, 0.15) is 89.7 Å². The van der Waals surface area contributed by atoms with Gasteiger partial charge in [0.2, 0.25) is 17.6 Å². The fraction of sp³-hybridized carbons (Fsp3) is 0.594. The molecule has 1 saturated heterocycles. The van der Waals surface area contributed by atoms with Crippen molar-refractivity contribution in [1.82, 2.24) is 29.7 Å². The van der Waals surface area contributed by atoms with E-state index in [0.717, 1.165) is 49.1 Å². The highest BCUT2D eigenvalue weighted by Crippen LogP contribution is 2.40. The summed E-state index contributed by atoms with van der Waals surface area (Å²) in [7, 11) is 0. The van der Waals surface area contributed by atoms with Crippen molar-refractivity contribution in [3.05, 3.63) is 46.4 Å². The number of nitrogens with one attached hydrogen (secondary N) is 2. The largest absolute Gasteiger partial charge is 0.439 e. The molecule has 2 N–H and O–H groups in total. The standard InChI is InChI=1S/C32H42N8O2/c1-20-14-16-22(17-15-20)19-40-26-27(33-21(2)23-11-8-12-23)34-29(30-37-32(41)42-38-30)35-28(26)36-31(40)39-18-7-6-13-25(39)24-9-4-3-5-10-24/h3-5,9-10,20-23,25H,6-8,11-19H2,1-2H3,(H,33,34,35)(H,37,38,41)/t20-,21-,22-,25-/m1/s1. The van der Waals surface area contributed by atoms with Gasteiger partial charge < -0.3 is 14.8 Å². The van der Waals surface area contributed by atoms with Gasteiger partial charge in [0.25, 0.3) is 0 Å². The molecule has 3 aromatic heterocycles. The SMILES string of the molecule is C[C@@H](Nc1nc(-c2noc(=O)[nH]2)nc2nc(N3CCCC[C@@H]3c3ccccc3)n(C[C@H]3CC[C@H](C)CC3)c12)C1CCC1. The van der Waals surface area contributed by atoms with Crippen molar-refractivity contribution in [3.63, 3.8) is 0 Å². The van der Waals surface area contributed by atoms with Gasteiger partial charge in [0.15, 0.2) is 11.5 Å². The van der Waals surface area contributed by atoms with Gasteiger partial charge in [0, 0.05) is 19.1 Å². The van der Waals surface area contributed by atoms with Crippen LogP contribution in [-0.4, -0.2) is 42.2 Å². The molecule has 0 amide bonds. The Balaban J connectivity index is 1.38. The Labute approximate surface area is 246 Å². The van der Waals surface area contributed by atoms with E-state index >= 15 is 0 Å². The number of aromatic amines is 1. The van der Waals surface area contributed by atoms with Crippen LogP contribution in [0.4, 0.5) is 11.8 Å². The van der Waals surface area contributed by atoms with Gasteiger partial charge in [-0.15, -0.1) is 0 Å². The minimum atomic E-state index is -0.622. The topological polar surface area (TPSA) is 118 Å². The summed E-state index contributed by atoms with van der Waals surface area (Å²) >= 11 is 0. The summed E-state index contributed by atoms with van der Waals surface area (Å²) in [6.07, 6.45) is 12.1. The lowest BCUT2D eigenvalue weighted by molar-refractivity contribution is 0.266. The summed E-state index contributed by atoms with van der Waals surface area (Å²) in [4.78, 5) is 32.1. The van der Waals surface area contributed by atoms with Crippen LogP contribution in [0.15, 0.2) is 39.6 Å². The fourth-order valence-corrected chi connectivity index (χ4v) is 7.19. The number of hydrogen-bond acceptors (Lipinski definition) is 8. The van der Waals surface area contributed by atoms with Crippen LogP contribution < -0.4 is 16.0 Å². The second kappa shape index (κ2) is 11.5. The molecule has 2 saturated carbocycles. The molecule has 10 nitrogen and oxygen atoms in total. The van der Waals surface area contributed by atoms with Gasteiger partial charge in [-0.2, -0.15) is 4.98 Å². The zero-order valence-electron chi connectivity index (χ0n) is 24.8. The average Bonchev–Trinajstić information content (AvgIpc) is 3.57. The van der Waals surface area contributed by atoms with Gasteiger partial charge in [-0.25, -0.2) is 14.8 Å². The molecule has 3 aliphatic rings. The van der Waals surface area contributed by atoms with Gasteiger partial charge in [-0.05, 0) is 75.2 Å². The van der Waals surface area contributed by atoms with Crippen molar-refractivity contribution >= 4 is 22.9 Å². The maximum atomic E-state index is 11.8. The third-order valence-corrected chi connectivity index (χ3v) is 9.98. The van der Waals surface area contributed by atoms with Crippen LogP contribution in [0.5, 0.6) is 0 Å². The van der Waals surface area contributed by atoms with Gasteiger partial charge in [-0.1, -0.05) is 61.7 Å². The van der Waals surface area contributed by atoms with E-state index in [9.17, 15) is 4.79 Å². The van der Waals surface area contributed by atoms with Gasteiger partial charge in [-0.3, -0.25) is 9.51 Å². The smallest absolute Gasteiger partial charge is 0.365 e. The van der Waals surface area contributed by atoms with Crippen LogP contribution in [-0.2, 0) is 6.54 Å². The quantitative estimate of drug-likeness (QED) is 0.252. The molecule has 2 atom stereocenters. The number of H-pyrrole nitrogens is 1. The molecular weight excluding hydrogens is 528 g/mol. The van der Waals surface area contributed by atoms with Crippen molar-refractivity contribution < 1.29 is 4.52 Å². The number of imidazole rings is 1. The Hall–Kier alpha value is -3.69. The fourth-order valence-electron chi connectivity index (χ4n) is 7.19. The highest BCUT2D eigenvalue weighted by Gasteiger charge is 2.33. The minimum Gasteiger partial charge on any atom is -0.365 e. The molecule has 1 aliphatic heterocycles. The van der Waals surface area contributed by atoms with Crippen molar-refractivity contribution in [2.75, 3.05) is 16.8 Å². The first-order valence-electron chi connectivity index (χ1n) is 16.0. The Morgan fingerprint density at radius 2 is 1.81 bits per heavy atom. The Morgan fingerprint density at radius 3 is 2.52 bits per heavy atom. The molecular formula is C32H42N8O2. The highest BCUT2D eigenvalue weighted by atomic mass is 16.5. The molecule has 0 spiro atoms. The lowest BCUT2D eigenvalue weighted by Crippen LogP contribution is -2.36. The summed E-state index contributed by atoms with van der Waals surface area (Å²) in [5.74, 6) is 3.64. The van der Waals surface area contributed by atoms with Gasteiger partial charge in [0.05, 0.1) is 6.04 Å². The number of fused-ring (bicyclic) bond motifs is 1. The predicted molar refractivity (Wildman–Crippen MR) is 163 cm³/mol. The number of anilines is 2. The van der Waals surface area contributed by atoms with Crippen molar-refractivity contribution in [3.8, 4) is 11.6 Å². The Kier molecular flexibility index (Phi) is 7.46. The van der Waals surface area contributed by atoms with Gasteiger partial charge in [0.1, 0.15) is 5.52 Å². The van der Waals surface area contributed by atoms with E-state index in [1.54, 1.807) is 0 Å². The normalized spacial score (nSPS) is 24.0. The molecule has 4 heterocycles. The first-order chi connectivity index (χ1) is 20.5. The lowest BCUT2D eigenvalue weighted by atomic mass is 9.80. The summed E-state index contributed by atoms with van der Waals surface area (Å²) < 4.78 is 7.24. The minimum absolute atomic E-state index is 0.221.